The molecule has 0 aromatic heterocycles. The summed E-state index contributed by atoms with van der Waals surface area (Å²) in [6, 6.07) is 0. The van der Waals surface area contributed by atoms with Gasteiger partial charge in [-0.05, 0) is 16.9 Å². The van der Waals surface area contributed by atoms with Crippen LogP contribution in [0.1, 0.15) is 20.8 Å². The standard InChI is InChI=1S/C10H14O/c1-8-9(7-11)5-4-6-10(8,2)3/h4-8H,1-3H3. The minimum Gasteiger partial charge on any atom is -0.298 e. The summed E-state index contributed by atoms with van der Waals surface area (Å²) in [5, 5.41) is 0. The number of carbonyl (C=O) groups excluding carboxylic acids is 1. The molecule has 1 unspecified atom stereocenters. The molecule has 0 saturated carbocycles. The van der Waals surface area contributed by atoms with Gasteiger partial charge >= 0.3 is 0 Å². The van der Waals surface area contributed by atoms with Crippen molar-refractivity contribution in [3.05, 3.63) is 23.8 Å². The third kappa shape index (κ3) is 1.42. The smallest absolute Gasteiger partial charge is 0.146 e. The van der Waals surface area contributed by atoms with Crippen molar-refractivity contribution in [1.29, 1.82) is 0 Å². The SMILES string of the molecule is CC1C(C=O)=CC=CC1(C)C. The molecule has 0 radical (unpaired) electrons. The molecule has 0 spiro atoms. The van der Waals surface area contributed by atoms with Crippen LogP contribution < -0.4 is 0 Å². The predicted octanol–water partition coefficient (Wildman–Crippen LogP) is 2.34. The van der Waals surface area contributed by atoms with E-state index in [9.17, 15) is 4.79 Å². The first-order valence-electron chi connectivity index (χ1n) is 3.92. The lowest BCUT2D eigenvalue weighted by molar-refractivity contribution is -0.105. The zero-order valence-electron chi connectivity index (χ0n) is 7.29. The van der Waals surface area contributed by atoms with Gasteiger partial charge in [0.15, 0.2) is 0 Å². The van der Waals surface area contributed by atoms with Crippen molar-refractivity contribution in [3.8, 4) is 0 Å². The first kappa shape index (κ1) is 8.25. The fourth-order valence-electron chi connectivity index (χ4n) is 1.27. The predicted molar refractivity (Wildman–Crippen MR) is 46.2 cm³/mol. The highest BCUT2D eigenvalue weighted by molar-refractivity contribution is 5.75. The molecule has 0 amide bonds. The van der Waals surface area contributed by atoms with Gasteiger partial charge in [0, 0.05) is 0 Å². The molecular formula is C10H14O. The number of hydrogen-bond acceptors (Lipinski definition) is 1. The normalized spacial score (nSPS) is 27.9. The van der Waals surface area contributed by atoms with E-state index in [-0.39, 0.29) is 5.41 Å². The van der Waals surface area contributed by atoms with Gasteiger partial charge < -0.3 is 0 Å². The zero-order chi connectivity index (χ0) is 8.48. The minimum absolute atomic E-state index is 0.130. The van der Waals surface area contributed by atoms with Gasteiger partial charge in [0.1, 0.15) is 6.29 Å². The zero-order valence-corrected chi connectivity index (χ0v) is 7.29. The van der Waals surface area contributed by atoms with E-state index in [0.29, 0.717) is 5.92 Å². The van der Waals surface area contributed by atoms with Gasteiger partial charge in [-0.1, -0.05) is 39.0 Å². The number of aldehydes is 1. The molecule has 0 fully saturated rings. The van der Waals surface area contributed by atoms with E-state index >= 15 is 0 Å². The third-order valence-corrected chi connectivity index (χ3v) is 2.57. The molecule has 60 valence electrons. The summed E-state index contributed by atoms with van der Waals surface area (Å²) < 4.78 is 0. The van der Waals surface area contributed by atoms with Crippen LogP contribution in [0.25, 0.3) is 0 Å². The van der Waals surface area contributed by atoms with Crippen LogP contribution >= 0.6 is 0 Å². The van der Waals surface area contributed by atoms with Crippen molar-refractivity contribution in [3.63, 3.8) is 0 Å². The number of allylic oxidation sites excluding steroid dienone is 4. The lowest BCUT2D eigenvalue weighted by atomic mass is 9.73. The van der Waals surface area contributed by atoms with E-state index in [4.69, 9.17) is 0 Å². The molecule has 0 saturated heterocycles. The molecule has 1 aliphatic rings. The van der Waals surface area contributed by atoms with Crippen molar-refractivity contribution in [2.24, 2.45) is 11.3 Å². The van der Waals surface area contributed by atoms with Crippen LogP contribution in [0, 0.1) is 11.3 Å². The molecule has 1 rings (SSSR count). The molecule has 1 aliphatic carbocycles. The van der Waals surface area contributed by atoms with E-state index < -0.39 is 0 Å². The Kier molecular flexibility index (Phi) is 1.99. The fourth-order valence-corrected chi connectivity index (χ4v) is 1.27. The van der Waals surface area contributed by atoms with Crippen LogP contribution in [-0.2, 0) is 4.79 Å². The summed E-state index contributed by atoms with van der Waals surface area (Å²) in [6.45, 7) is 6.37. The minimum atomic E-state index is 0.130. The average Bonchev–Trinajstić information content (AvgIpc) is 1.95. The highest BCUT2D eigenvalue weighted by atomic mass is 16.1. The van der Waals surface area contributed by atoms with Gasteiger partial charge in [-0.2, -0.15) is 0 Å². The summed E-state index contributed by atoms with van der Waals surface area (Å²) in [5.74, 6) is 0.338. The Bertz CT molecular complexity index is 221. The Hall–Kier alpha value is -0.850. The maximum Gasteiger partial charge on any atom is 0.146 e. The first-order chi connectivity index (χ1) is 5.08. The topological polar surface area (TPSA) is 17.1 Å². The molecule has 1 heteroatoms. The molecule has 0 bridgehead atoms. The second-order valence-corrected chi connectivity index (χ2v) is 3.69. The number of hydrogen-bond donors (Lipinski definition) is 0. The largest absolute Gasteiger partial charge is 0.298 e. The Morgan fingerprint density at radius 2 is 2.18 bits per heavy atom. The molecule has 1 nitrogen and oxygen atoms in total. The van der Waals surface area contributed by atoms with Crippen LogP contribution in [0.3, 0.4) is 0 Å². The second-order valence-electron chi connectivity index (χ2n) is 3.69. The van der Waals surface area contributed by atoms with Crippen molar-refractivity contribution >= 4 is 6.29 Å². The number of rotatable bonds is 1. The number of carbonyl (C=O) groups is 1. The first-order valence-corrected chi connectivity index (χ1v) is 3.92. The summed E-state index contributed by atoms with van der Waals surface area (Å²) in [6.07, 6.45) is 6.95. The Balaban J connectivity index is 2.94. The van der Waals surface area contributed by atoms with Gasteiger partial charge in [0.2, 0.25) is 0 Å². The average molecular weight is 150 g/mol. The van der Waals surface area contributed by atoms with Crippen LogP contribution in [-0.4, -0.2) is 6.29 Å². The Morgan fingerprint density at radius 1 is 1.55 bits per heavy atom. The van der Waals surface area contributed by atoms with Crippen molar-refractivity contribution in [1.82, 2.24) is 0 Å². The van der Waals surface area contributed by atoms with Crippen LogP contribution in [0.2, 0.25) is 0 Å². The Morgan fingerprint density at radius 3 is 2.64 bits per heavy atom. The van der Waals surface area contributed by atoms with E-state index in [2.05, 4.69) is 26.8 Å². The van der Waals surface area contributed by atoms with Crippen molar-refractivity contribution in [2.75, 3.05) is 0 Å². The van der Waals surface area contributed by atoms with E-state index in [1.54, 1.807) is 0 Å². The van der Waals surface area contributed by atoms with E-state index in [1.165, 1.54) is 0 Å². The molecule has 0 aliphatic heterocycles. The quantitative estimate of drug-likeness (QED) is 0.524. The second kappa shape index (κ2) is 2.65. The summed E-state index contributed by atoms with van der Waals surface area (Å²) in [4.78, 5) is 10.6. The highest BCUT2D eigenvalue weighted by Crippen LogP contribution is 2.35. The molecule has 0 aromatic carbocycles. The summed E-state index contributed by atoms with van der Waals surface area (Å²) in [7, 11) is 0. The van der Waals surface area contributed by atoms with Crippen LogP contribution in [0.15, 0.2) is 23.8 Å². The fraction of sp³-hybridized carbons (Fsp3) is 0.500. The van der Waals surface area contributed by atoms with Gasteiger partial charge in [-0.3, -0.25) is 4.79 Å². The maximum absolute atomic E-state index is 10.6. The van der Waals surface area contributed by atoms with Crippen molar-refractivity contribution < 1.29 is 4.79 Å². The van der Waals surface area contributed by atoms with Gasteiger partial charge in [-0.25, -0.2) is 0 Å². The van der Waals surface area contributed by atoms with E-state index in [1.807, 2.05) is 12.2 Å². The van der Waals surface area contributed by atoms with Crippen molar-refractivity contribution in [2.45, 2.75) is 20.8 Å². The lowest BCUT2D eigenvalue weighted by Gasteiger charge is -2.30. The Labute approximate surface area is 67.8 Å². The van der Waals surface area contributed by atoms with Crippen LogP contribution in [0.4, 0.5) is 0 Å². The molecule has 1 atom stereocenters. The van der Waals surface area contributed by atoms with E-state index in [0.717, 1.165) is 11.9 Å². The lowest BCUT2D eigenvalue weighted by Crippen LogP contribution is -2.23. The summed E-state index contributed by atoms with van der Waals surface area (Å²) >= 11 is 0. The van der Waals surface area contributed by atoms with Crippen LogP contribution in [0.5, 0.6) is 0 Å². The molecule has 0 aromatic rings. The third-order valence-electron chi connectivity index (χ3n) is 2.57. The van der Waals surface area contributed by atoms with Gasteiger partial charge in [-0.15, -0.1) is 0 Å². The molecule has 11 heavy (non-hydrogen) atoms. The molecule has 0 heterocycles. The molecule has 0 N–H and O–H groups in total. The monoisotopic (exact) mass is 150 g/mol. The van der Waals surface area contributed by atoms with Gasteiger partial charge in [0.05, 0.1) is 0 Å². The maximum atomic E-state index is 10.6. The highest BCUT2D eigenvalue weighted by Gasteiger charge is 2.27. The van der Waals surface area contributed by atoms with Gasteiger partial charge in [0.25, 0.3) is 0 Å². The molecular weight excluding hydrogens is 136 g/mol. The summed E-state index contributed by atoms with van der Waals surface area (Å²) in [5.41, 5.74) is 1.03.